The van der Waals surface area contributed by atoms with Crippen LogP contribution in [-0.2, 0) is 21.5 Å². The normalized spacial score (nSPS) is 17.5. The van der Waals surface area contributed by atoms with Gasteiger partial charge in [-0.05, 0) is 24.1 Å². The van der Waals surface area contributed by atoms with Crippen LogP contribution in [0.1, 0.15) is 24.0 Å². The van der Waals surface area contributed by atoms with Crippen LogP contribution in [0.4, 0.5) is 28.0 Å². The lowest BCUT2D eigenvalue weighted by Gasteiger charge is -2.37. The van der Waals surface area contributed by atoms with E-state index in [9.17, 15) is 30.8 Å². The SMILES string of the molecule is CS(=O)(=O)O.O=C(OCc1ccc(C(F)F)cc1)N1CCC(CNc2ccncc2)C(F)(F)C1. The minimum Gasteiger partial charge on any atom is -0.445 e. The highest BCUT2D eigenvalue weighted by molar-refractivity contribution is 7.85. The Morgan fingerprint density at radius 1 is 1.24 bits per heavy atom. The number of carbonyl (C=O) groups is 1. The fourth-order valence-corrected chi connectivity index (χ4v) is 3.10. The smallest absolute Gasteiger partial charge is 0.410 e. The van der Waals surface area contributed by atoms with Gasteiger partial charge in [0.15, 0.2) is 0 Å². The topological polar surface area (TPSA) is 109 Å². The van der Waals surface area contributed by atoms with E-state index in [4.69, 9.17) is 9.29 Å². The summed E-state index contributed by atoms with van der Waals surface area (Å²) in [6.45, 7) is -0.659. The van der Waals surface area contributed by atoms with Gasteiger partial charge in [0.2, 0.25) is 0 Å². The summed E-state index contributed by atoms with van der Waals surface area (Å²) >= 11 is 0. The van der Waals surface area contributed by atoms with E-state index in [2.05, 4.69) is 10.3 Å². The Kier molecular flexibility index (Phi) is 9.62. The van der Waals surface area contributed by atoms with Gasteiger partial charge in [-0.2, -0.15) is 8.42 Å². The van der Waals surface area contributed by atoms with Crippen LogP contribution >= 0.6 is 0 Å². The molecule has 1 amide bonds. The van der Waals surface area contributed by atoms with Crippen LogP contribution in [0.25, 0.3) is 0 Å². The van der Waals surface area contributed by atoms with Crippen LogP contribution in [0.3, 0.4) is 0 Å². The van der Waals surface area contributed by atoms with Gasteiger partial charge in [-0.1, -0.05) is 24.3 Å². The minimum absolute atomic E-state index is 0.0797. The number of halogens is 4. The lowest BCUT2D eigenvalue weighted by Crippen LogP contribution is -2.52. The Morgan fingerprint density at radius 2 is 1.82 bits per heavy atom. The molecular weight excluding hydrogens is 482 g/mol. The number of anilines is 1. The van der Waals surface area contributed by atoms with Crippen LogP contribution in [0.2, 0.25) is 0 Å². The molecule has 1 aliphatic heterocycles. The van der Waals surface area contributed by atoms with E-state index in [1.165, 1.54) is 24.3 Å². The van der Waals surface area contributed by atoms with E-state index in [-0.39, 0.29) is 31.7 Å². The first-order valence-corrected chi connectivity index (χ1v) is 11.9. The van der Waals surface area contributed by atoms with Gasteiger partial charge < -0.3 is 15.0 Å². The molecule has 1 aromatic heterocycles. The molecule has 2 aromatic rings. The first-order valence-electron chi connectivity index (χ1n) is 10.1. The molecule has 1 fully saturated rings. The van der Waals surface area contributed by atoms with Crippen molar-refractivity contribution in [2.45, 2.75) is 25.4 Å². The summed E-state index contributed by atoms with van der Waals surface area (Å²) in [4.78, 5) is 17.0. The predicted octanol–water partition coefficient (Wildman–Crippen LogP) is 4.23. The van der Waals surface area contributed by atoms with Gasteiger partial charge in [0.1, 0.15) is 6.61 Å². The third kappa shape index (κ3) is 9.51. The highest BCUT2D eigenvalue weighted by Crippen LogP contribution is 2.33. The molecule has 188 valence electrons. The molecule has 34 heavy (non-hydrogen) atoms. The van der Waals surface area contributed by atoms with Gasteiger partial charge in [0.25, 0.3) is 22.5 Å². The maximum absolute atomic E-state index is 14.5. The van der Waals surface area contributed by atoms with Crippen LogP contribution in [0.5, 0.6) is 0 Å². The first kappa shape index (κ1) is 27.3. The van der Waals surface area contributed by atoms with Crippen molar-refractivity contribution in [1.29, 1.82) is 0 Å². The van der Waals surface area contributed by atoms with Gasteiger partial charge in [0.05, 0.1) is 12.8 Å². The first-order chi connectivity index (χ1) is 15.8. The molecule has 2 heterocycles. The Hall–Kier alpha value is -2.93. The van der Waals surface area contributed by atoms with Gasteiger partial charge >= 0.3 is 6.09 Å². The molecule has 8 nitrogen and oxygen atoms in total. The Labute approximate surface area is 194 Å². The summed E-state index contributed by atoms with van der Waals surface area (Å²) in [5.41, 5.74) is 1.07. The van der Waals surface area contributed by atoms with Crippen molar-refractivity contribution in [2.24, 2.45) is 5.92 Å². The van der Waals surface area contributed by atoms with Gasteiger partial charge in [-0.15, -0.1) is 0 Å². The van der Waals surface area contributed by atoms with E-state index in [1.54, 1.807) is 24.5 Å². The molecule has 13 heteroatoms. The zero-order chi connectivity index (χ0) is 25.4. The average Bonchev–Trinajstić information content (AvgIpc) is 2.76. The number of nitrogens with zero attached hydrogens (tertiary/aromatic N) is 2. The Balaban J connectivity index is 0.000000739. The van der Waals surface area contributed by atoms with E-state index in [0.717, 1.165) is 4.90 Å². The molecular formula is C21H25F4N3O5S. The molecule has 2 N–H and O–H groups in total. The molecule has 0 saturated carbocycles. The fourth-order valence-electron chi connectivity index (χ4n) is 3.10. The Morgan fingerprint density at radius 3 is 2.35 bits per heavy atom. The number of alkyl halides is 4. The van der Waals surface area contributed by atoms with Crippen LogP contribution < -0.4 is 5.32 Å². The third-order valence-electron chi connectivity index (χ3n) is 4.83. The summed E-state index contributed by atoms with van der Waals surface area (Å²) in [6.07, 6.45) is 0.558. The number of aromatic nitrogens is 1. The van der Waals surface area contributed by atoms with Gasteiger partial charge in [0, 0.05) is 42.7 Å². The number of ether oxygens (including phenoxy) is 1. The molecule has 1 aliphatic rings. The van der Waals surface area contributed by atoms with Crippen LogP contribution in [0.15, 0.2) is 48.8 Å². The van der Waals surface area contributed by atoms with Crippen molar-refractivity contribution in [3.05, 3.63) is 59.9 Å². The molecule has 1 unspecified atom stereocenters. The second kappa shape index (κ2) is 12.0. The molecule has 0 radical (unpaired) electrons. The van der Waals surface area contributed by atoms with Crippen molar-refractivity contribution >= 4 is 21.9 Å². The summed E-state index contributed by atoms with van der Waals surface area (Å²) in [5.74, 6) is -3.97. The lowest BCUT2D eigenvalue weighted by atomic mass is 9.93. The van der Waals surface area contributed by atoms with Crippen molar-refractivity contribution in [2.75, 3.05) is 31.2 Å². The molecule has 0 bridgehead atoms. The predicted molar refractivity (Wildman–Crippen MR) is 116 cm³/mol. The molecule has 0 aliphatic carbocycles. The Bertz CT molecular complexity index is 1020. The minimum atomic E-state index is -3.67. The standard InChI is InChI=1S/C20H21F4N3O2.CH4O3S/c21-18(22)15-3-1-14(2-4-15)12-29-19(28)27-10-7-16(20(23,24)13-27)11-26-17-5-8-25-9-6-17;1-5(2,3)4/h1-6,8-9,16,18H,7,10-13H2,(H,25,26);1H3,(H,2,3,4). The number of likely N-dealkylation sites (tertiary alicyclic amines) is 1. The van der Waals surface area contributed by atoms with E-state index < -0.39 is 41.0 Å². The number of hydrogen-bond donors (Lipinski definition) is 2. The van der Waals surface area contributed by atoms with Gasteiger partial charge in [-0.3, -0.25) is 9.54 Å². The molecule has 3 rings (SSSR count). The van der Waals surface area contributed by atoms with E-state index in [1.807, 2.05) is 0 Å². The number of rotatable bonds is 6. The quantitative estimate of drug-likeness (QED) is 0.445. The summed E-state index contributed by atoms with van der Waals surface area (Å²) < 4.78 is 85.0. The summed E-state index contributed by atoms with van der Waals surface area (Å²) in [6, 6.07) is 8.70. The number of hydrogen-bond acceptors (Lipinski definition) is 6. The number of nitrogens with one attached hydrogen (secondary N) is 1. The lowest BCUT2D eigenvalue weighted by molar-refractivity contribution is -0.101. The zero-order valence-electron chi connectivity index (χ0n) is 18.2. The molecule has 0 spiro atoms. The largest absolute Gasteiger partial charge is 0.445 e. The van der Waals surface area contributed by atoms with Crippen molar-refractivity contribution in [1.82, 2.24) is 9.88 Å². The maximum atomic E-state index is 14.5. The van der Waals surface area contributed by atoms with Crippen LogP contribution in [0, 0.1) is 5.92 Å². The zero-order valence-corrected chi connectivity index (χ0v) is 19.0. The second-order valence-corrected chi connectivity index (χ2v) is 9.08. The number of piperidine rings is 1. The molecule has 1 atom stereocenters. The van der Waals surface area contributed by atoms with Crippen molar-refractivity contribution < 1.29 is 40.1 Å². The van der Waals surface area contributed by atoms with Gasteiger partial charge in [-0.25, -0.2) is 22.4 Å². The van der Waals surface area contributed by atoms with Crippen molar-refractivity contribution in [3.63, 3.8) is 0 Å². The molecule has 1 saturated heterocycles. The summed E-state index contributed by atoms with van der Waals surface area (Å²) in [5, 5.41) is 2.97. The van der Waals surface area contributed by atoms with E-state index >= 15 is 0 Å². The highest BCUT2D eigenvalue weighted by Gasteiger charge is 2.46. The van der Waals surface area contributed by atoms with Crippen molar-refractivity contribution in [3.8, 4) is 0 Å². The highest BCUT2D eigenvalue weighted by atomic mass is 32.2. The summed E-state index contributed by atoms with van der Waals surface area (Å²) in [7, 11) is -3.67. The second-order valence-electron chi connectivity index (χ2n) is 7.61. The number of amides is 1. The average molecular weight is 508 g/mol. The monoisotopic (exact) mass is 507 g/mol. The number of benzene rings is 1. The number of pyridine rings is 1. The molecule has 1 aromatic carbocycles. The van der Waals surface area contributed by atoms with E-state index in [0.29, 0.717) is 17.5 Å². The third-order valence-corrected chi connectivity index (χ3v) is 4.83. The number of carbonyl (C=O) groups excluding carboxylic acids is 1. The maximum Gasteiger partial charge on any atom is 0.410 e. The van der Waals surface area contributed by atoms with Crippen LogP contribution in [-0.4, -0.2) is 60.8 Å². The fraction of sp³-hybridized carbons (Fsp3) is 0.429.